The van der Waals surface area contributed by atoms with Gasteiger partial charge in [0.25, 0.3) is 15.9 Å². The van der Waals surface area contributed by atoms with E-state index in [2.05, 4.69) is 54.2 Å². The third-order valence-electron chi connectivity index (χ3n) is 7.12. The number of carbonyl (C=O) groups excluding carboxylic acids is 1. The number of nitrogens with one attached hydrogen (secondary N) is 1. The number of amides is 1. The Kier molecular flexibility index (Phi) is 8.54. The van der Waals surface area contributed by atoms with Crippen molar-refractivity contribution in [2.75, 3.05) is 10.6 Å². The summed E-state index contributed by atoms with van der Waals surface area (Å²) in [5.41, 5.74) is 8.36. The van der Waals surface area contributed by atoms with Crippen LogP contribution >= 0.6 is 0 Å². The fraction of sp³-hybridized carbons (Fsp3) is 0.448. The number of anilines is 2. The number of hydrogen-bond acceptors (Lipinski definition) is 8. The zero-order valence-corrected chi connectivity index (χ0v) is 24.1. The summed E-state index contributed by atoms with van der Waals surface area (Å²) in [4.78, 5) is 28.9. The highest BCUT2D eigenvalue weighted by molar-refractivity contribution is 7.90. The van der Waals surface area contributed by atoms with Gasteiger partial charge in [0.15, 0.2) is 5.03 Å². The lowest BCUT2D eigenvalue weighted by molar-refractivity contribution is 0.0981. The number of rotatable bonds is 9. The molecule has 0 radical (unpaired) electrons. The van der Waals surface area contributed by atoms with Gasteiger partial charge in [0.1, 0.15) is 11.6 Å². The smallest absolute Gasteiger partial charge is 0.281 e. The summed E-state index contributed by atoms with van der Waals surface area (Å²) in [6, 6.07) is 11.9. The predicted molar refractivity (Wildman–Crippen MR) is 158 cm³/mol. The van der Waals surface area contributed by atoms with Crippen LogP contribution in [0.5, 0.6) is 0 Å². The van der Waals surface area contributed by atoms with E-state index in [1.54, 1.807) is 12.1 Å². The van der Waals surface area contributed by atoms with Crippen molar-refractivity contribution in [3.8, 4) is 11.3 Å². The Labute approximate surface area is 234 Å². The predicted octanol–water partition coefficient (Wildman–Crippen LogP) is 5.33. The van der Waals surface area contributed by atoms with Crippen LogP contribution in [0.1, 0.15) is 72.8 Å². The van der Waals surface area contributed by atoms with Crippen LogP contribution in [-0.2, 0) is 16.4 Å². The van der Waals surface area contributed by atoms with Crippen molar-refractivity contribution in [1.29, 1.82) is 0 Å². The number of carbonyl (C=O) groups is 1. The molecule has 1 aliphatic rings. The summed E-state index contributed by atoms with van der Waals surface area (Å²) in [6.07, 6.45) is 5.77. The molecule has 1 saturated heterocycles. The number of nitrogens with two attached hydrogens (primary N) is 1. The monoisotopic (exact) mass is 554 g/mol. The first kappa shape index (κ1) is 28.5. The molecule has 10 heteroatoms. The average molecular weight is 555 g/mol. The summed E-state index contributed by atoms with van der Waals surface area (Å²) >= 11 is 0. The summed E-state index contributed by atoms with van der Waals surface area (Å²) in [6.45, 7) is 10.9. The van der Waals surface area contributed by atoms with Gasteiger partial charge in [-0.2, -0.15) is 8.42 Å². The number of nitrogens with zero attached hydrogens (tertiary/aromatic N) is 4. The lowest BCUT2D eigenvalue weighted by atomic mass is 9.94. The molecular formula is C29H42N6O3S. The van der Waals surface area contributed by atoms with Gasteiger partial charge in [-0.3, -0.25) is 9.78 Å². The fourth-order valence-electron chi connectivity index (χ4n) is 5.35. The number of pyridine rings is 3. The highest BCUT2D eigenvalue weighted by atomic mass is 32.2. The molecule has 0 aliphatic carbocycles. The van der Waals surface area contributed by atoms with Crippen LogP contribution in [0.4, 0.5) is 11.6 Å². The molecule has 1 fully saturated rings. The van der Waals surface area contributed by atoms with E-state index in [0.717, 1.165) is 36.9 Å². The number of sulfonamides is 1. The zero-order chi connectivity index (χ0) is 28.3. The minimum atomic E-state index is -4.23. The van der Waals surface area contributed by atoms with E-state index in [0.29, 0.717) is 23.3 Å². The molecule has 1 amide bonds. The minimum absolute atomic E-state index is 0. The first-order chi connectivity index (χ1) is 18.4. The number of hydrogen-bond donors (Lipinski definition) is 2. The van der Waals surface area contributed by atoms with Crippen LogP contribution in [0.25, 0.3) is 11.3 Å². The maximum absolute atomic E-state index is 13.4. The van der Waals surface area contributed by atoms with Crippen LogP contribution in [0.2, 0.25) is 0 Å². The Morgan fingerprint density at radius 1 is 1.08 bits per heavy atom. The Bertz CT molecular complexity index is 1430. The molecule has 212 valence electrons. The second-order valence-corrected chi connectivity index (χ2v) is 12.7. The van der Waals surface area contributed by atoms with E-state index in [1.807, 2.05) is 18.3 Å². The molecule has 4 heterocycles. The van der Waals surface area contributed by atoms with Crippen LogP contribution in [0.15, 0.2) is 53.7 Å². The second kappa shape index (κ2) is 11.7. The molecule has 0 saturated carbocycles. The van der Waals surface area contributed by atoms with Crippen molar-refractivity contribution in [3.63, 3.8) is 0 Å². The van der Waals surface area contributed by atoms with Gasteiger partial charge in [-0.25, -0.2) is 14.7 Å². The molecule has 3 N–H and O–H groups in total. The SMILES string of the molecule is CC(C)C[C@@H](C)Cc1ccc(-c2ccc(C(=O)NS(=O)(=O)c3cccc(N)n3)c(N3[C@H](C)CC[C@@H]3C)n2)cn1.[HH].[HH]. The van der Waals surface area contributed by atoms with Crippen molar-refractivity contribution in [3.05, 3.63) is 59.9 Å². The van der Waals surface area contributed by atoms with E-state index in [1.165, 1.54) is 18.2 Å². The quantitative estimate of drug-likeness (QED) is 0.363. The van der Waals surface area contributed by atoms with Crippen molar-refractivity contribution < 1.29 is 16.1 Å². The first-order valence-electron chi connectivity index (χ1n) is 13.5. The Morgan fingerprint density at radius 2 is 1.79 bits per heavy atom. The van der Waals surface area contributed by atoms with E-state index < -0.39 is 15.9 Å². The van der Waals surface area contributed by atoms with E-state index >= 15 is 0 Å². The first-order valence-corrected chi connectivity index (χ1v) is 15.0. The van der Waals surface area contributed by atoms with Gasteiger partial charge in [-0.05, 0) is 87.8 Å². The third-order valence-corrected chi connectivity index (χ3v) is 8.35. The molecule has 39 heavy (non-hydrogen) atoms. The minimum Gasteiger partial charge on any atom is -0.384 e. The molecule has 0 aromatic carbocycles. The zero-order valence-electron chi connectivity index (χ0n) is 23.3. The normalized spacial score (nSPS) is 18.4. The van der Waals surface area contributed by atoms with Gasteiger partial charge in [-0.1, -0.05) is 26.8 Å². The van der Waals surface area contributed by atoms with Gasteiger partial charge >= 0.3 is 0 Å². The molecule has 3 aromatic rings. The molecule has 9 nitrogen and oxygen atoms in total. The molecular weight excluding hydrogens is 512 g/mol. The average Bonchev–Trinajstić information content (AvgIpc) is 3.21. The van der Waals surface area contributed by atoms with Gasteiger partial charge in [0, 0.05) is 32.4 Å². The number of aromatic nitrogens is 3. The maximum atomic E-state index is 13.4. The van der Waals surface area contributed by atoms with Crippen molar-refractivity contribution >= 4 is 27.6 Å². The van der Waals surface area contributed by atoms with Crippen molar-refractivity contribution in [2.24, 2.45) is 11.8 Å². The van der Waals surface area contributed by atoms with Crippen molar-refractivity contribution in [2.45, 2.75) is 77.4 Å². The Hall–Kier alpha value is -3.53. The maximum Gasteiger partial charge on any atom is 0.281 e. The second-order valence-electron chi connectivity index (χ2n) is 11.1. The largest absolute Gasteiger partial charge is 0.384 e. The fourth-order valence-corrected chi connectivity index (χ4v) is 6.29. The lowest BCUT2D eigenvalue weighted by Gasteiger charge is -2.29. The molecule has 0 bridgehead atoms. The van der Waals surface area contributed by atoms with E-state index in [4.69, 9.17) is 10.7 Å². The highest BCUT2D eigenvalue weighted by Crippen LogP contribution is 2.33. The molecule has 1 aliphatic heterocycles. The van der Waals surface area contributed by atoms with Gasteiger partial charge in [0.2, 0.25) is 0 Å². The summed E-state index contributed by atoms with van der Waals surface area (Å²) in [5.74, 6) is 0.915. The Morgan fingerprint density at radius 3 is 2.41 bits per heavy atom. The Balaban J connectivity index is 0.00000294. The van der Waals surface area contributed by atoms with E-state index in [-0.39, 0.29) is 31.3 Å². The van der Waals surface area contributed by atoms with Gasteiger partial charge < -0.3 is 10.6 Å². The number of nitrogen functional groups attached to an aromatic ring is 1. The van der Waals surface area contributed by atoms with E-state index in [9.17, 15) is 13.2 Å². The van der Waals surface area contributed by atoms with Crippen LogP contribution < -0.4 is 15.4 Å². The summed E-state index contributed by atoms with van der Waals surface area (Å²) < 4.78 is 27.9. The third kappa shape index (κ3) is 6.73. The molecule has 3 atom stereocenters. The van der Waals surface area contributed by atoms with Crippen LogP contribution in [-0.4, -0.2) is 41.4 Å². The standard InChI is InChI=1S/C29H38N6O3S.2H2/c1-18(2)15-19(3)16-23-12-11-22(17-31-23)25-14-13-24(28(32-25)35-20(4)9-10-21(35)5)29(36)34-39(37,38)27-8-6-7-26(30)33-27;;/h6-8,11-14,17-21H,9-10,15-16H2,1-5H3,(H2,30,33)(H,34,36);2*1H/t19-,20-,21+;;/m1../s1. The van der Waals surface area contributed by atoms with Crippen molar-refractivity contribution in [1.82, 2.24) is 19.7 Å². The summed E-state index contributed by atoms with van der Waals surface area (Å²) in [7, 11) is -4.23. The lowest BCUT2D eigenvalue weighted by Crippen LogP contribution is -2.37. The molecule has 3 aromatic heterocycles. The molecule has 4 rings (SSSR count). The summed E-state index contributed by atoms with van der Waals surface area (Å²) in [5, 5.41) is -0.321. The highest BCUT2D eigenvalue weighted by Gasteiger charge is 2.33. The van der Waals surface area contributed by atoms with Crippen LogP contribution in [0, 0.1) is 11.8 Å². The van der Waals surface area contributed by atoms with Gasteiger partial charge in [-0.15, -0.1) is 0 Å². The molecule has 0 unspecified atom stereocenters. The topological polar surface area (TPSA) is 131 Å². The molecule has 0 spiro atoms. The van der Waals surface area contributed by atoms with Gasteiger partial charge in [0.05, 0.1) is 11.3 Å². The van der Waals surface area contributed by atoms with Crippen LogP contribution in [0.3, 0.4) is 0 Å².